The number of carbonyl (C=O) groups excluding carboxylic acids is 1. The molecule has 1 amide bonds. The summed E-state index contributed by atoms with van der Waals surface area (Å²) < 4.78 is 21.6. The minimum atomic E-state index is -0.220. The molecule has 2 aliphatic heterocycles. The minimum Gasteiger partial charge on any atom is -0.497 e. The van der Waals surface area contributed by atoms with Crippen LogP contribution < -0.4 is 24.4 Å². The van der Waals surface area contributed by atoms with Crippen molar-refractivity contribution >= 4 is 11.6 Å². The van der Waals surface area contributed by atoms with Crippen molar-refractivity contribution in [1.29, 1.82) is 0 Å². The Kier molecular flexibility index (Phi) is 6.08. The number of ether oxygens (including phenoxy) is 3. The Morgan fingerprint density at radius 2 is 1.82 bits per heavy atom. The van der Waals surface area contributed by atoms with Gasteiger partial charge >= 0.3 is 0 Å². The Morgan fingerprint density at radius 3 is 2.55 bits per heavy atom. The molecule has 1 saturated heterocycles. The predicted octanol–water partition coefficient (Wildman–Crippen LogP) is 3.31. The van der Waals surface area contributed by atoms with Gasteiger partial charge in [0.2, 0.25) is 6.79 Å². The van der Waals surface area contributed by atoms with Crippen LogP contribution in [0.25, 0.3) is 0 Å². The van der Waals surface area contributed by atoms with Crippen LogP contribution in [0.4, 0.5) is 5.69 Å². The van der Waals surface area contributed by atoms with E-state index >= 15 is 0 Å². The number of amides is 1. The van der Waals surface area contributed by atoms with Gasteiger partial charge in [0.05, 0.1) is 19.4 Å². The molecule has 8 nitrogen and oxygen atoms in total. The second-order valence-electron chi connectivity index (χ2n) is 8.04. The van der Waals surface area contributed by atoms with Gasteiger partial charge in [0, 0.05) is 38.4 Å². The zero-order valence-corrected chi connectivity index (χ0v) is 18.5. The Morgan fingerprint density at radius 1 is 1.03 bits per heavy atom. The normalized spacial score (nSPS) is 16.5. The van der Waals surface area contributed by atoms with Gasteiger partial charge in [-0.3, -0.25) is 9.69 Å². The van der Waals surface area contributed by atoms with Gasteiger partial charge in [-0.2, -0.15) is 0 Å². The van der Waals surface area contributed by atoms with Crippen LogP contribution in [0, 0.1) is 0 Å². The zero-order valence-electron chi connectivity index (χ0n) is 18.5. The SMILES string of the molecule is COc1ccc(N2CCN(C(CNC(=O)c3ccco3)c3ccc4c(c3)OCO4)CC2)cc1. The van der Waals surface area contributed by atoms with Gasteiger partial charge in [0.15, 0.2) is 17.3 Å². The number of hydrogen-bond acceptors (Lipinski definition) is 7. The van der Waals surface area contributed by atoms with Crippen molar-refractivity contribution in [1.82, 2.24) is 10.2 Å². The topological polar surface area (TPSA) is 76.4 Å². The third-order valence-corrected chi connectivity index (χ3v) is 6.17. The molecule has 2 aromatic carbocycles. The average molecular weight is 450 g/mol. The van der Waals surface area contributed by atoms with Crippen molar-refractivity contribution in [3.8, 4) is 17.2 Å². The molecule has 1 atom stereocenters. The number of fused-ring (bicyclic) bond motifs is 1. The van der Waals surface area contributed by atoms with Crippen LogP contribution in [0.3, 0.4) is 0 Å². The Labute approximate surface area is 192 Å². The first-order chi connectivity index (χ1) is 16.2. The van der Waals surface area contributed by atoms with Crippen LogP contribution in [0.2, 0.25) is 0 Å². The molecule has 0 spiro atoms. The van der Waals surface area contributed by atoms with Crippen LogP contribution >= 0.6 is 0 Å². The number of rotatable bonds is 7. The molecule has 8 heteroatoms. The van der Waals surface area contributed by atoms with Crippen LogP contribution in [0.5, 0.6) is 17.2 Å². The number of carbonyl (C=O) groups is 1. The molecule has 1 aromatic heterocycles. The molecule has 33 heavy (non-hydrogen) atoms. The van der Waals surface area contributed by atoms with E-state index in [1.54, 1.807) is 19.2 Å². The lowest BCUT2D eigenvalue weighted by atomic mass is 10.0. The fourth-order valence-electron chi connectivity index (χ4n) is 4.35. The molecule has 3 aromatic rings. The first-order valence-electron chi connectivity index (χ1n) is 11.1. The van der Waals surface area contributed by atoms with Gasteiger partial charge in [-0.05, 0) is 54.1 Å². The maximum absolute atomic E-state index is 12.5. The van der Waals surface area contributed by atoms with Crippen LogP contribution in [-0.2, 0) is 0 Å². The number of benzene rings is 2. The highest BCUT2D eigenvalue weighted by atomic mass is 16.7. The number of methoxy groups -OCH3 is 1. The lowest BCUT2D eigenvalue weighted by Gasteiger charge is -2.40. The van der Waals surface area contributed by atoms with Gasteiger partial charge in [0.1, 0.15) is 5.75 Å². The molecule has 1 unspecified atom stereocenters. The summed E-state index contributed by atoms with van der Waals surface area (Å²) in [4.78, 5) is 17.3. The molecule has 2 aliphatic rings. The maximum atomic E-state index is 12.5. The van der Waals surface area contributed by atoms with E-state index in [4.69, 9.17) is 18.6 Å². The number of anilines is 1. The highest BCUT2D eigenvalue weighted by molar-refractivity contribution is 5.91. The number of piperazine rings is 1. The Hall–Kier alpha value is -3.65. The van der Waals surface area contributed by atoms with Crippen molar-refractivity contribution in [2.45, 2.75) is 6.04 Å². The highest BCUT2D eigenvalue weighted by Gasteiger charge is 2.27. The van der Waals surface area contributed by atoms with Crippen LogP contribution in [-0.4, -0.2) is 57.4 Å². The van der Waals surface area contributed by atoms with Gasteiger partial charge < -0.3 is 28.8 Å². The third kappa shape index (κ3) is 4.61. The smallest absolute Gasteiger partial charge is 0.287 e. The largest absolute Gasteiger partial charge is 0.497 e. The fourth-order valence-corrected chi connectivity index (χ4v) is 4.35. The van der Waals surface area contributed by atoms with E-state index < -0.39 is 0 Å². The van der Waals surface area contributed by atoms with Crippen LogP contribution in [0.15, 0.2) is 65.3 Å². The Bertz CT molecular complexity index is 1080. The van der Waals surface area contributed by atoms with Gasteiger partial charge in [-0.15, -0.1) is 0 Å². The van der Waals surface area contributed by atoms with Crippen LogP contribution in [0.1, 0.15) is 22.2 Å². The van der Waals surface area contributed by atoms with Gasteiger partial charge in [-0.25, -0.2) is 0 Å². The number of nitrogens with one attached hydrogen (secondary N) is 1. The molecule has 0 radical (unpaired) electrons. The van der Waals surface area contributed by atoms with Crippen molar-refractivity contribution in [2.24, 2.45) is 0 Å². The summed E-state index contributed by atoms with van der Waals surface area (Å²) in [6.07, 6.45) is 1.50. The first kappa shape index (κ1) is 21.2. The van der Waals surface area contributed by atoms with Crippen molar-refractivity contribution in [3.05, 3.63) is 72.2 Å². The molecule has 1 N–H and O–H groups in total. The second-order valence-corrected chi connectivity index (χ2v) is 8.04. The quantitative estimate of drug-likeness (QED) is 0.593. The minimum absolute atomic E-state index is 0.00331. The number of furan rings is 1. The monoisotopic (exact) mass is 449 g/mol. The molecule has 1 fully saturated rings. The molecule has 0 aliphatic carbocycles. The van der Waals surface area contributed by atoms with Gasteiger partial charge in [0.25, 0.3) is 5.91 Å². The van der Waals surface area contributed by atoms with E-state index in [9.17, 15) is 4.79 Å². The van der Waals surface area contributed by atoms with Crippen molar-refractivity contribution in [2.75, 3.05) is 51.5 Å². The number of nitrogens with zero attached hydrogens (tertiary/aromatic N) is 2. The van der Waals surface area contributed by atoms with E-state index in [-0.39, 0.29) is 18.7 Å². The summed E-state index contributed by atoms with van der Waals surface area (Å²) in [6, 6.07) is 17.5. The summed E-state index contributed by atoms with van der Waals surface area (Å²) in [5, 5.41) is 3.03. The fraction of sp³-hybridized carbons (Fsp3) is 0.320. The maximum Gasteiger partial charge on any atom is 0.287 e. The lowest BCUT2D eigenvalue weighted by Crippen LogP contribution is -2.49. The van der Waals surface area contributed by atoms with Gasteiger partial charge in [-0.1, -0.05) is 6.07 Å². The summed E-state index contributed by atoms with van der Waals surface area (Å²) >= 11 is 0. The summed E-state index contributed by atoms with van der Waals surface area (Å²) in [5.41, 5.74) is 2.26. The van der Waals surface area contributed by atoms with Crippen molar-refractivity contribution in [3.63, 3.8) is 0 Å². The number of hydrogen-bond donors (Lipinski definition) is 1. The second kappa shape index (κ2) is 9.46. The molecule has 0 saturated carbocycles. The third-order valence-electron chi connectivity index (χ3n) is 6.17. The van der Waals surface area contributed by atoms with Crippen molar-refractivity contribution < 1.29 is 23.4 Å². The Balaban J connectivity index is 1.30. The van der Waals surface area contributed by atoms with E-state index in [2.05, 4.69) is 27.2 Å². The van der Waals surface area contributed by atoms with E-state index in [0.29, 0.717) is 12.3 Å². The molecular formula is C25H27N3O5. The zero-order chi connectivity index (χ0) is 22.6. The summed E-state index contributed by atoms with van der Waals surface area (Å²) in [6.45, 7) is 4.20. The average Bonchev–Trinajstić information content (AvgIpc) is 3.57. The molecule has 3 heterocycles. The molecule has 5 rings (SSSR count). The first-order valence-corrected chi connectivity index (χ1v) is 11.1. The molecule has 172 valence electrons. The summed E-state index contributed by atoms with van der Waals surface area (Å²) in [7, 11) is 1.68. The standard InChI is InChI=1S/C25H27N3O5/c1-30-20-7-5-19(6-8-20)27-10-12-28(13-11-27)21(16-26-25(29)23-3-2-14-31-23)18-4-9-22-24(15-18)33-17-32-22/h2-9,14-15,21H,10-13,16-17H2,1H3,(H,26,29). The molecule has 0 bridgehead atoms. The lowest BCUT2D eigenvalue weighted by molar-refractivity contribution is 0.0902. The van der Waals surface area contributed by atoms with E-state index in [1.807, 2.05) is 30.3 Å². The van der Waals surface area contributed by atoms with E-state index in [0.717, 1.165) is 49.0 Å². The molecular weight excluding hydrogens is 422 g/mol. The predicted molar refractivity (Wildman–Crippen MR) is 123 cm³/mol. The summed E-state index contributed by atoms with van der Waals surface area (Å²) in [5.74, 6) is 2.44. The van der Waals surface area contributed by atoms with E-state index in [1.165, 1.54) is 12.0 Å². The highest BCUT2D eigenvalue weighted by Crippen LogP contribution is 2.36.